The van der Waals surface area contributed by atoms with Gasteiger partial charge in [-0.1, -0.05) is 23.7 Å². The summed E-state index contributed by atoms with van der Waals surface area (Å²) in [5.74, 6) is 0. The van der Waals surface area contributed by atoms with E-state index in [2.05, 4.69) is 9.97 Å². The second kappa shape index (κ2) is 6.62. The summed E-state index contributed by atoms with van der Waals surface area (Å²) in [6.07, 6.45) is 2.04. The van der Waals surface area contributed by atoms with E-state index in [1.165, 1.54) is 31.3 Å². The zero-order chi connectivity index (χ0) is 17.3. The molecule has 0 aliphatic carbocycles. The lowest BCUT2D eigenvalue weighted by atomic mass is 10.1. The number of imidazole rings is 1. The smallest absolute Gasteiger partial charge is 0.303 e. The molecule has 0 spiro atoms. The van der Waals surface area contributed by atoms with E-state index in [0.717, 1.165) is 16.3 Å². The van der Waals surface area contributed by atoms with Crippen molar-refractivity contribution in [2.45, 2.75) is 17.2 Å². The number of benzene rings is 1. The molecular formula is C15H12ClF3N4S. The third kappa shape index (κ3) is 3.66. The van der Waals surface area contributed by atoms with Crippen molar-refractivity contribution in [1.82, 2.24) is 18.7 Å². The van der Waals surface area contributed by atoms with Crippen LogP contribution in [0.3, 0.4) is 0 Å². The average Bonchev–Trinajstić information content (AvgIpc) is 2.90. The van der Waals surface area contributed by atoms with Gasteiger partial charge in [-0.15, -0.1) is 0 Å². The molecule has 0 amide bonds. The number of alkyl halides is 3. The molecule has 2 heterocycles. The van der Waals surface area contributed by atoms with Crippen LogP contribution in [0, 0.1) is 0 Å². The number of nitrogens with zero attached hydrogens (tertiary/aromatic N) is 4. The molecule has 0 saturated carbocycles. The van der Waals surface area contributed by atoms with Gasteiger partial charge in [0.15, 0.2) is 5.65 Å². The molecule has 2 aromatic heterocycles. The molecule has 1 unspecified atom stereocenters. The first kappa shape index (κ1) is 17.1. The summed E-state index contributed by atoms with van der Waals surface area (Å²) in [4.78, 5) is 8.20. The van der Waals surface area contributed by atoms with Crippen LogP contribution in [-0.2, 0) is 0 Å². The minimum absolute atomic E-state index is 0.118. The van der Waals surface area contributed by atoms with Gasteiger partial charge < -0.3 is 4.40 Å². The first-order valence-corrected chi connectivity index (χ1v) is 8.01. The SMILES string of the molecule is CN(Sc1cn2ccncc2n1)C(c1ccc(Cl)cc1)C(F)(F)F. The Bertz CT molecular complexity index is 802. The van der Waals surface area contributed by atoms with Crippen molar-refractivity contribution in [3.63, 3.8) is 0 Å². The highest BCUT2D eigenvalue weighted by atomic mass is 35.5. The molecule has 3 aromatic rings. The monoisotopic (exact) mass is 372 g/mol. The van der Waals surface area contributed by atoms with Crippen LogP contribution in [0.1, 0.15) is 11.6 Å². The summed E-state index contributed by atoms with van der Waals surface area (Å²) in [5.41, 5.74) is 0.691. The van der Waals surface area contributed by atoms with Crippen LogP contribution < -0.4 is 0 Å². The molecule has 1 aromatic carbocycles. The Balaban J connectivity index is 1.88. The Kier molecular flexibility index (Phi) is 4.71. The maximum absolute atomic E-state index is 13.5. The molecule has 0 fully saturated rings. The van der Waals surface area contributed by atoms with Crippen molar-refractivity contribution < 1.29 is 13.2 Å². The summed E-state index contributed by atoms with van der Waals surface area (Å²) in [5, 5.41) is 0.844. The van der Waals surface area contributed by atoms with Crippen molar-refractivity contribution in [1.29, 1.82) is 0 Å². The van der Waals surface area contributed by atoms with E-state index in [1.54, 1.807) is 29.2 Å². The van der Waals surface area contributed by atoms with E-state index >= 15 is 0 Å². The molecule has 0 radical (unpaired) electrons. The van der Waals surface area contributed by atoms with Gasteiger partial charge in [0.25, 0.3) is 0 Å². The lowest BCUT2D eigenvalue weighted by molar-refractivity contribution is -0.169. The van der Waals surface area contributed by atoms with E-state index in [-0.39, 0.29) is 5.56 Å². The average molecular weight is 373 g/mol. The molecule has 0 N–H and O–H groups in total. The molecule has 1 atom stereocenters. The highest BCUT2D eigenvalue weighted by Gasteiger charge is 2.44. The van der Waals surface area contributed by atoms with Crippen molar-refractivity contribution in [3.05, 3.63) is 59.6 Å². The first-order chi connectivity index (χ1) is 11.3. The minimum atomic E-state index is -4.43. The Hall–Kier alpha value is -1.77. The molecular weight excluding hydrogens is 361 g/mol. The Labute approximate surface area is 145 Å². The van der Waals surface area contributed by atoms with Gasteiger partial charge in [-0.2, -0.15) is 13.2 Å². The van der Waals surface area contributed by atoms with Gasteiger partial charge in [-0.05, 0) is 36.7 Å². The van der Waals surface area contributed by atoms with Gasteiger partial charge in [0.2, 0.25) is 0 Å². The van der Waals surface area contributed by atoms with Crippen LogP contribution in [-0.4, -0.2) is 31.9 Å². The van der Waals surface area contributed by atoms with E-state index in [0.29, 0.717) is 15.7 Å². The van der Waals surface area contributed by atoms with Gasteiger partial charge in [0.05, 0.1) is 6.20 Å². The van der Waals surface area contributed by atoms with E-state index < -0.39 is 12.2 Å². The van der Waals surface area contributed by atoms with Gasteiger partial charge in [0.1, 0.15) is 11.1 Å². The second-order valence-corrected chi connectivity index (χ2v) is 6.67. The lowest BCUT2D eigenvalue weighted by Crippen LogP contribution is -2.31. The number of hydrogen-bond acceptors (Lipinski definition) is 4. The number of rotatable bonds is 4. The largest absolute Gasteiger partial charge is 0.408 e. The van der Waals surface area contributed by atoms with Crippen LogP contribution >= 0.6 is 23.5 Å². The fraction of sp³-hybridized carbons (Fsp3) is 0.200. The standard InChI is InChI=1S/C15H12ClF3N4S/c1-22(24-13-9-23-7-6-20-8-12(23)21-13)14(15(17,18)19)10-2-4-11(16)5-3-10/h2-9,14H,1H3. The quantitative estimate of drug-likeness (QED) is 0.625. The van der Waals surface area contributed by atoms with Gasteiger partial charge in [0, 0.05) is 23.6 Å². The van der Waals surface area contributed by atoms with Crippen molar-refractivity contribution in [2.24, 2.45) is 0 Å². The Morgan fingerprint density at radius 1 is 1.25 bits per heavy atom. The molecule has 9 heteroatoms. The second-order valence-electron chi connectivity index (χ2n) is 5.05. The fourth-order valence-corrected chi connectivity index (χ4v) is 3.38. The number of halogens is 4. The van der Waals surface area contributed by atoms with Crippen LogP contribution in [0.25, 0.3) is 5.65 Å². The van der Waals surface area contributed by atoms with Crippen LogP contribution in [0.4, 0.5) is 13.2 Å². The summed E-state index contributed by atoms with van der Waals surface area (Å²) in [7, 11) is 1.39. The van der Waals surface area contributed by atoms with Gasteiger partial charge >= 0.3 is 6.18 Å². The Morgan fingerprint density at radius 3 is 2.58 bits per heavy atom. The molecule has 4 nitrogen and oxygen atoms in total. The highest BCUT2D eigenvalue weighted by Crippen LogP contribution is 2.41. The number of hydrogen-bond donors (Lipinski definition) is 0. The van der Waals surface area contributed by atoms with E-state index in [1.807, 2.05) is 0 Å². The summed E-state index contributed by atoms with van der Waals surface area (Å²) in [6, 6.07) is 3.88. The maximum Gasteiger partial charge on any atom is 0.408 e. The van der Waals surface area contributed by atoms with E-state index in [9.17, 15) is 13.2 Å². The maximum atomic E-state index is 13.5. The normalized spacial score (nSPS) is 13.6. The van der Waals surface area contributed by atoms with Crippen molar-refractivity contribution in [3.8, 4) is 0 Å². The predicted molar refractivity (Wildman–Crippen MR) is 86.9 cm³/mol. The molecule has 0 aliphatic heterocycles. The number of aromatic nitrogens is 3. The van der Waals surface area contributed by atoms with Crippen molar-refractivity contribution in [2.75, 3.05) is 7.05 Å². The summed E-state index contributed by atoms with van der Waals surface area (Å²) >= 11 is 6.69. The van der Waals surface area contributed by atoms with Crippen LogP contribution in [0.2, 0.25) is 5.02 Å². The third-order valence-corrected chi connectivity index (χ3v) is 4.47. The van der Waals surface area contributed by atoms with Crippen molar-refractivity contribution >= 4 is 29.2 Å². The van der Waals surface area contributed by atoms with Crippen LogP contribution in [0.5, 0.6) is 0 Å². The predicted octanol–water partition coefficient (Wildman–Crippen LogP) is 4.63. The highest BCUT2D eigenvalue weighted by molar-refractivity contribution is 7.97. The number of fused-ring (bicyclic) bond motifs is 1. The van der Waals surface area contributed by atoms with Gasteiger partial charge in [-0.3, -0.25) is 4.98 Å². The Morgan fingerprint density at radius 2 is 1.96 bits per heavy atom. The fourth-order valence-electron chi connectivity index (χ4n) is 2.31. The zero-order valence-corrected chi connectivity index (χ0v) is 14.0. The molecule has 0 bridgehead atoms. The lowest BCUT2D eigenvalue weighted by Gasteiger charge is -2.28. The zero-order valence-electron chi connectivity index (χ0n) is 12.4. The van der Waals surface area contributed by atoms with E-state index in [4.69, 9.17) is 11.6 Å². The summed E-state index contributed by atoms with van der Waals surface area (Å²) in [6.45, 7) is 0. The molecule has 0 aliphatic rings. The molecule has 0 saturated heterocycles. The van der Waals surface area contributed by atoms with Crippen LogP contribution in [0.15, 0.2) is 54.1 Å². The molecule has 3 rings (SSSR count). The first-order valence-electron chi connectivity index (χ1n) is 6.86. The third-order valence-electron chi connectivity index (χ3n) is 3.34. The molecule has 24 heavy (non-hydrogen) atoms. The topological polar surface area (TPSA) is 33.4 Å². The van der Waals surface area contributed by atoms with Gasteiger partial charge in [-0.25, -0.2) is 9.29 Å². The molecule has 126 valence electrons. The minimum Gasteiger partial charge on any atom is -0.303 e. The summed E-state index contributed by atoms with van der Waals surface area (Å²) < 4.78 is 43.5.